The van der Waals surface area contributed by atoms with E-state index in [0.717, 1.165) is 12.3 Å². The summed E-state index contributed by atoms with van der Waals surface area (Å²) in [7, 11) is 0. The molecule has 0 aliphatic heterocycles. The first kappa shape index (κ1) is 13.0. The van der Waals surface area contributed by atoms with E-state index in [9.17, 15) is 18.0 Å². The van der Waals surface area contributed by atoms with Crippen molar-refractivity contribution < 1.29 is 18.0 Å². The maximum absolute atomic E-state index is 12.5. The predicted molar refractivity (Wildman–Crippen MR) is 61.4 cm³/mol. The van der Waals surface area contributed by atoms with Crippen molar-refractivity contribution in [3.63, 3.8) is 0 Å². The van der Waals surface area contributed by atoms with Gasteiger partial charge in [-0.2, -0.15) is 13.2 Å². The van der Waals surface area contributed by atoms with E-state index in [2.05, 4.69) is 15.3 Å². The summed E-state index contributed by atoms with van der Waals surface area (Å²) in [4.78, 5) is 18.9. The van der Waals surface area contributed by atoms with Crippen molar-refractivity contribution >= 4 is 11.6 Å². The number of aromatic nitrogens is 2. The molecule has 0 spiro atoms. The first-order valence-electron chi connectivity index (χ1n) is 5.21. The zero-order chi connectivity index (χ0) is 13.9. The van der Waals surface area contributed by atoms with Crippen molar-refractivity contribution in [2.75, 3.05) is 5.32 Å². The zero-order valence-corrected chi connectivity index (χ0v) is 9.48. The second kappa shape index (κ2) is 5.05. The molecule has 0 atom stereocenters. The van der Waals surface area contributed by atoms with Gasteiger partial charge in [0.2, 0.25) is 0 Å². The van der Waals surface area contributed by atoms with Crippen LogP contribution < -0.4 is 5.32 Å². The fourth-order valence-corrected chi connectivity index (χ4v) is 1.36. The Morgan fingerprint density at radius 2 is 2.00 bits per heavy atom. The molecule has 0 saturated heterocycles. The molecule has 1 N–H and O–H groups in total. The molecule has 2 rings (SSSR count). The van der Waals surface area contributed by atoms with Crippen LogP contribution in [0, 0.1) is 0 Å². The molecule has 7 heteroatoms. The van der Waals surface area contributed by atoms with Gasteiger partial charge in [0, 0.05) is 12.4 Å². The molecule has 0 saturated carbocycles. The Balaban J connectivity index is 2.18. The highest BCUT2D eigenvalue weighted by Gasteiger charge is 2.31. The minimum Gasteiger partial charge on any atom is -0.319 e. The number of anilines is 1. The second-order valence-corrected chi connectivity index (χ2v) is 3.63. The fraction of sp³-hybridized carbons (Fsp3) is 0.0833. The number of halogens is 3. The molecular formula is C12H8F3N3O. The molecule has 1 amide bonds. The fourth-order valence-electron chi connectivity index (χ4n) is 1.36. The lowest BCUT2D eigenvalue weighted by Crippen LogP contribution is -2.14. The summed E-state index contributed by atoms with van der Waals surface area (Å²) in [5, 5.41) is 2.31. The van der Waals surface area contributed by atoms with E-state index in [4.69, 9.17) is 0 Å². The monoisotopic (exact) mass is 267 g/mol. The van der Waals surface area contributed by atoms with Crippen LogP contribution in [0.2, 0.25) is 0 Å². The normalized spacial score (nSPS) is 11.1. The van der Waals surface area contributed by atoms with Crippen molar-refractivity contribution in [2.45, 2.75) is 6.18 Å². The summed E-state index contributed by atoms with van der Waals surface area (Å²) in [5.41, 5.74) is -0.850. The Hall–Kier alpha value is -2.44. The van der Waals surface area contributed by atoms with Gasteiger partial charge in [0.15, 0.2) is 0 Å². The summed E-state index contributed by atoms with van der Waals surface area (Å²) in [6, 6.07) is 5.50. The maximum atomic E-state index is 12.5. The minimum absolute atomic E-state index is 0.0366. The van der Waals surface area contributed by atoms with Gasteiger partial charge in [0.1, 0.15) is 5.69 Å². The molecule has 2 heterocycles. The number of rotatable bonds is 2. The van der Waals surface area contributed by atoms with Crippen LogP contribution in [0.5, 0.6) is 0 Å². The van der Waals surface area contributed by atoms with Crippen molar-refractivity contribution in [1.29, 1.82) is 0 Å². The van der Waals surface area contributed by atoms with Gasteiger partial charge in [-0.25, -0.2) is 0 Å². The summed E-state index contributed by atoms with van der Waals surface area (Å²) in [6.45, 7) is 0. The number of hydrogen-bond acceptors (Lipinski definition) is 3. The van der Waals surface area contributed by atoms with Crippen LogP contribution >= 0.6 is 0 Å². The average molecular weight is 267 g/mol. The molecule has 0 fully saturated rings. The lowest BCUT2D eigenvalue weighted by Gasteiger charge is -2.08. The van der Waals surface area contributed by atoms with Crippen molar-refractivity contribution in [1.82, 2.24) is 9.97 Å². The number of carbonyl (C=O) groups is 1. The van der Waals surface area contributed by atoms with Gasteiger partial charge in [-0.3, -0.25) is 14.8 Å². The molecular weight excluding hydrogens is 259 g/mol. The van der Waals surface area contributed by atoms with Crippen LogP contribution in [-0.4, -0.2) is 15.9 Å². The number of alkyl halides is 3. The zero-order valence-electron chi connectivity index (χ0n) is 9.48. The molecule has 0 unspecified atom stereocenters. The van der Waals surface area contributed by atoms with Gasteiger partial charge in [0.25, 0.3) is 5.91 Å². The Morgan fingerprint density at radius 1 is 1.21 bits per heavy atom. The standard InChI is InChI=1S/C12H8F3N3O/c13-12(14,15)8-5-9(7-16-6-8)18-11(19)10-3-1-2-4-17-10/h1-7H,(H,18,19). The number of nitrogens with zero attached hydrogens (tertiary/aromatic N) is 2. The van der Waals surface area contributed by atoms with E-state index in [-0.39, 0.29) is 11.4 Å². The first-order chi connectivity index (χ1) is 8.97. The largest absolute Gasteiger partial charge is 0.417 e. The number of nitrogens with one attached hydrogen (secondary N) is 1. The van der Waals surface area contributed by atoms with E-state index >= 15 is 0 Å². The second-order valence-electron chi connectivity index (χ2n) is 3.63. The van der Waals surface area contributed by atoms with Crippen LogP contribution in [0.1, 0.15) is 16.1 Å². The van der Waals surface area contributed by atoms with Crippen LogP contribution in [0.4, 0.5) is 18.9 Å². The smallest absolute Gasteiger partial charge is 0.319 e. The number of amides is 1. The van der Waals surface area contributed by atoms with Crippen LogP contribution in [0.3, 0.4) is 0 Å². The van der Waals surface area contributed by atoms with Crippen LogP contribution in [-0.2, 0) is 6.18 Å². The van der Waals surface area contributed by atoms with Crippen LogP contribution in [0.15, 0.2) is 42.9 Å². The first-order valence-corrected chi connectivity index (χ1v) is 5.21. The van der Waals surface area contributed by atoms with Crippen LogP contribution in [0.25, 0.3) is 0 Å². The van der Waals surface area contributed by atoms with Gasteiger partial charge in [-0.15, -0.1) is 0 Å². The predicted octanol–water partition coefficient (Wildman–Crippen LogP) is 2.75. The van der Waals surface area contributed by atoms with E-state index in [1.807, 2.05) is 0 Å². The van der Waals surface area contributed by atoms with E-state index in [1.54, 1.807) is 12.1 Å². The highest BCUT2D eigenvalue weighted by Crippen LogP contribution is 2.29. The SMILES string of the molecule is O=C(Nc1cncc(C(F)(F)F)c1)c1ccccn1. The van der Waals surface area contributed by atoms with E-state index in [0.29, 0.717) is 6.20 Å². The lowest BCUT2D eigenvalue weighted by atomic mass is 10.2. The van der Waals surface area contributed by atoms with Crippen molar-refractivity contribution in [2.24, 2.45) is 0 Å². The third kappa shape index (κ3) is 3.27. The summed E-state index contributed by atoms with van der Waals surface area (Å²) < 4.78 is 37.4. The van der Waals surface area contributed by atoms with Gasteiger partial charge in [0.05, 0.1) is 17.4 Å². The molecule has 98 valence electrons. The molecule has 0 bridgehead atoms. The third-order valence-electron chi connectivity index (χ3n) is 2.22. The van der Waals surface area contributed by atoms with Crippen molar-refractivity contribution in [3.8, 4) is 0 Å². The summed E-state index contributed by atoms with van der Waals surface area (Å²) >= 11 is 0. The lowest BCUT2D eigenvalue weighted by molar-refractivity contribution is -0.137. The third-order valence-corrected chi connectivity index (χ3v) is 2.22. The average Bonchev–Trinajstić information content (AvgIpc) is 2.39. The molecule has 2 aromatic rings. The van der Waals surface area contributed by atoms with Gasteiger partial charge in [-0.1, -0.05) is 6.07 Å². The van der Waals surface area contributed by atoms with Gasteiger partial charge < -0.3 is 5.32 Å². The summed E-state index contributed by atoms with van der Waals surface area (Å²) in [6.07, 6.45) is -1.26. The maximum Gasteiger partial charge on any atom is 0.417 e. The Morgan fingerprint density at radius 3 is 2.63 bits per heavy atom. The van der Waals surface area contributed by atoms with Crippen molar-refractivity contribution in [3.05, 3.63) is 54.1 Å². The Labute approximate surface area is 106 Å². The minimum atomic E-state index is -4.50. The van der Waals surface area contributed by atoms with E-state index < -0.39 is 17.6 Å². The number of pyridine rings is 2. The molecule has 0 aliphatic carbocycles. The van der Waals surface area contributed by atoms with E-state index in [1.165, 1.54) is 12.3 Å². The Bertz CT molecular complexity index is 584. The highest BCUT2D eigenvalue weighted by molar-refractivity contribution is 6.02. The van der Waals surface area contributed by atoms with Gasteiger partial charge in [-0.05, 0) is 18.2 Å². The highest BCUT2D eigenvalue weighted by atomic mass is 19.4. The molecule has 4 nitrogen and oxygen atoms in total. The number of carbonyl (C=O) groups excluding carboxylic acids is 1. The Kier molecular flexibility index (Phi) is 3.46. The summed E-state index contributed by atoms with van der Waals surface area (Å²) in [5.74, 6) is -0.596. The topological polar surface area (TPSA) is 54.9 Å². The quantitative estimate of drug-likeness (QED) is 0.910. The molecule has 0 radical (unpaired) electrons. The molecule has 0 aliphatic rings. The van der Waals surface area contributed by atoms with Gasteiger partial charge >= 0.3 is 6.18 Å². The molecule has 19 heavy (non-hydrogen) atoms. The molecule has 0 aromatic carbocycles. The molecule has 2 aromatic heterocycles. The number of hydrogen-bond donors (Lipinski definition) is 1.